The Bertz CT molecular complexity index is 1440. The number of hydrogen-bond acceptors (Lipinski definition) is 2. The van der Waals surface area contributed by atoms with E-state index in [1.54, 1.807) is 18.3 Å². The van der Waals surface area contributed by atoms with Gasteiger partial charge in [-0.1, -0.05) is 41.9 Å². The number of amides is 1. The SMILES string of the molecule is O=C(c1cn(Cc2cc(F)cc(F)c2)c2cc(Cl)ccc12)N1CCC2(CC1)OCc1ccccc12. The molecule has 1 saturated heterocycles. The largest absolute Gasteiger partial charge is 0.365 e. The summed E-state index contributed by atoms with van der Waals surface area (Å²) in [5.74, 6) is -1.34. The second-order valence-corrected chi connectivity index (χ2v) is 9.78. The number of carbonyl (C=O) groups is 1. The third kappa shape index (κ3) is 3.91. The van der Waals surface area contributed by atoms with Crippen LogP contribution in [0.1, 0.15) is 39.9 Å². The van der Waals surface area contributed by atoms with E-state index in [2.05, 4.69) is 12.1 Å². The summed E-state index contributed by atoms with van der Waals surface area (Å²) < 4.78 is 35.6. The molecule has 3 heterocycles. The van der Waals surface area contributed by atoms with Crippen LogP contribution in [0.5, 0.6) is 0 Å². The normalized spacial score (nSPS) is 16.7. The molecular formula is C28H23ClF2N2O2. The van der Waals surface area contributed by atoms with Crippen molar-refractivity contribution in [2.24, 2.45) is 0 Å². The number of benzene rings is 3. The number of nitrogens with zero attached hydrogens (tertiary/aromatic N) is 2. The summed E-state index contributed by atoms with van der Waals surface area (Å²) in [5.41, 5.74) is 3.90. The van der Waals surface area contributed by atoms with Gasteiger partial charge < -0.3 is 14.2 Å². The molecule has 1 amide bonds. The van der Waals surface area contributed by atoms with E-state index in [4.69, 9.17) is 16.3 Å². The minimum atomic E-state index is -0.635. The number of aromatic nitrogens is 1. The first-order valence-electron chi connectivity index (χ1n) is 11.7. The van der Waals surface area contributed by atoms with Crippen molar-refractivity contribution >= 4 is 28.4 Å². The topological polar surface area (TPSA) is 34.5 Å². The average Bonchev–Trinajstić information content (AvgIpc) is 3.37. The molecule has 4 aromatic rings. The van der Waals surface area contributed by atoms with Crippen molar-refractivity contribution in [2.45, 2.75) is 31.6 Å². The van der Waals surface area contributed by atoms with Gasteiger partial charge in [-0.25, -0.2) is 8.78 Å². The lowest BCUT2D eigenvalue weighted by Gasteiger charge is -2.39. The summed E-state index contributed by atoms with van der Waals surface area (Å²) >= 11 is 6.25. The monoisotopic (exact) mass is 492 g/mol. The van der Waals surface area contributed by atoms with Crippen molar-refractivity contribution in [1.29, 1.82) is 0 Å². The van der Waals surface area contributed by atoms with Crippen LogP contribution in [0.4, 0.5) is 8.78 Å². The van der Waals surface area contributed by atoms with Gasteiger partial charge in [0.25, 0.3) is 5.91 Å². The number of fused-ring (bicyclic) bond motifs is 3. The number of piperidine rings is 1. The Hall–Kier alpha value is -3.22. The molecule has 3 aromatic carbocycles. The summed E-state index contributed by atoms with van der Waals surface area (Å²) in [4.78, 5) is 15.5. The van der Waals surface area contributed by atoms with E-state index < -0.39 is 11.6 Å². The van der Waals surface area contributed by atoms with Crippen LogP contribution in [-0.4, -0.2) is 28.5 Å². The maximum atomic E-state index is 13.8. The molecule has 0 atom stereocenters. The van der Waals surface area contributed by atoms with E-state index in [9.17, 15) is 13.6 Å². The Labute approximate surface area is 206 Å². The molecule has 1 spiro atoms. The summed E-state index contributed by atoms with van der Waals surface area (Å²) in [6.45, 7) is 2.00. The van der Waals surface area contributed by atoms with Gasteiger partial charge in [-0.15, -0.1) is 0 Å². The Morgan fingerprint density at radius 1 is 1.00 bits per heavy atom. The maximum absolute atomic E-state index is 13.8. The predicted octanol–water partition coefficient (Wildman–Crippen LogP) is 6.28. The van der Waals surface area contributed by atoms with Gasteiger partial charge >= 0.3 is 0 Å². The number of hydrogen-bond donors (Lipinski definition) is 0. The van der Waals surface area contributed by atoms with Crippen molar-refractivity contribution in [2.75, 3.05) is 13.1 Å². The molecule has 6 rings (SSSR count). The summed E-state index contributed by atoms with van der Waals surface area (Å²) in [5, 5.41) is 1.29. The second-order valence-electron chi connectivity index (χ2n) is 9.34. The van der Waals surface area contributed by atoms with Gasteiger partial charge in [-0.05, 0) is 53.8 Å². The minimum absolute atomic E-state index is 0.0670. The highest BCUT2D eigenvalue weighted by Gasteiger charge is 2.43. The van der Waals surface area contributed by atoms with Crippen LogP contribution < -0.4 is 0 Å². The first-order valence-corrected chi connectivity index (χ1v) is 12.0. The Balaban J connectivity index is 1.29. The van der Waals surface area contributed by atoms with Crippen molar-refractivity contribution < 1.29 is 18.3 Å². The Morgan fingerprint density at radius 2 is 1.74 bits per heavy atom. The predicted molar refractivity (Wildman–Crippen MR) is 130 cm³/mol. The van der Waals surface area contributed by atoms with Gasteiger partial charge in [0.05, 0.1) is 23.3 Å². The smallest absolute Gasteiger partial charge is 0.256 e. The zero-order valence-electron chi connectivity index (χ0n) is 18.9. The molecule has 7 heteroatoms. The zero-order valence-corrected chi connectivity index (χ0v) is 19.7. The van der Waals surface area contributed by atoms with E-state index in [-0.39, 0.29) is 18.1 Å². The summed E-state index contributed by atoms with van der Waals surface area (Å²) in [6, 6.07) is 17.1. The molecular weight excluding hydrogens is 470 g/mol. The fourth-order valence-corrected chi connectivity index (χ4v) is 5.67. The van der Waals surface area contributed by atoms with Gasteiger partial charge in [-0.3, -0.25) is 4.79 Å². The molecule has 0 radical (unpaired) electrons. The third-order valence-corrected chi connectivity index (χ3v) is 7.46. The molecule has 0 aliphatic carbocycles. The highest BCUT2D eigenvalue weighted by Crippen LogP contribution is 2.44. The molecule has 0 saturated carbocycles. The lowest BCUT2D eigenvalue weighted by molar-refractivity contribution is -0.0741. The van der Waals surface area contributed by atoms with Crippen LogP contribution in [0, 0.1) is 11.6 Å². The number of halogens is 3. The van der Waals surface area contributed by atoms with E-state index in [1.165, 1.54) is 23.3 Å². The highest BCUT2D eigenvalue weighted by atomic mass is 35.5. The standard InChI is InChI=1S/C28H23ClF2N2O2/c29-20-5-6-23-24(16-33(26(23)13-20)15-18-11-21(30)14-22(31)12-18)27(34)32-9-7-28(8-10-32)25-4-2-1-3-19(25)17-35-28/h1-6,11-14,16H,7-10,15,17H2. The van der Waals surface area contributed by atoms with Gasteiger partial charge in [0.15, 0.2) is 0 Å². The molecule has 0 N–H and O–H groups in total. The van der Waals surface area contributed by atoms with Gasteiger partial charge in [-0.2, -0.15) is 0 Å². The second kappa shape index (κ2) is 8.47. The van der Waals surface area contributed by atoms with Crippen molar-refractivity contribution in [3.05, 3.63) is 106 Å². The molecule has 1 aromatic heterocycles. The van der Waals surface area contributed by atoms with Crippen molar-refractivity contribution in [1.82, 2.24) is 9.47 Å². The van der Waals surface area contributed by atoms with Gasteiger partial charge in [0, 0.05) is 42.3 Å². The van der Waals surface area contributed by atoms with Crippen molar-refractivity contribution in [3.63, 3.8) is 0 Å². The average molecular weight is 493 g/mol. The van der Waals surface area contributed by atoms with Crippen molar-refractivity contribution in [3.8, 4) is 0 Å². The number of ether oxygens (including phenoxy) is 1. The quantitative estimate of drug-likeness (QED) is 0.337. The molecule has 35 heavy (non-hydrogen) atoms. The third-order valence-electron chi connectivity index (χ3n) is 7.22. The van der Waals surface area contributed by atoms with Crippen LogP contribution in [0.3, 0.4) is 0 Å². The lowest BCUT2D eigenvalue weighted by atomic mass is 9.83. The first kappa shape index (κ1) is 22.3. The Kier molecular flexibility index (Phi) is 5.38. The Morgan fingerprint density at radius 3 is 2.51 bits per heavy atom. The number of rotatable bonds is 3. The highest BCUT2D eigenvalue weighted by molar-refractivity contribution is 6.31. The van der Waals surface area contributed by atoms with Gasteiger partial charge in [0.1, 0.15) is 11.6 Å². The van der Waals surface area contributed by atoms with E-state index in [0.717, 1.165) is 29.8 Å². The van der Waals surface area contributed by atoms with Gasteiger partial charge in [0.2, 0.25) is 0 Å². The first-order chi connectivity index (χ1) is 16.9. The molecule has 0 bridgehead atoms. The minimum Gasteiger partial charge on any atom is -0.365 e. The number of likely N-dealkylation sites (tertiary alicyclic amines) is 1. The summed E-state index contributed by atoms with van der Waals surface area (Å²) in [6.07, 6.45) is 3.24. The van der Waals surface area contributed by atoms with E-state index in [0.29, 0.717) is 35.8 Å². The van der Waals surface area contributed by atoms with Crippen LogP contribution in [0.25, 0.3) is 10.9 Å². The molecule has 4 nitrogen and oxygen atoms in total. The molecule has 1 fully saturated rings. The van der Waals surface area contributed by atoms with Crippen LogP contribution >= 0.6 is 11.6 Å². The van der Waals surface area contributed by atoms with E-state index >= 15 is 0 Å². The molecule has 0 unspecified atom stereocenters. The fourth-order valence-electron chi connectivity index (χ4n) is 5.50. The maximum Gasteiger partial charge on any atom is 0.256 e. The van der Waals surface area contributed by atoms with Crippen LogP contribution in [-0.2, 0) is 23.5 Å². The summed E-state index contributed by atoms with van der Waals surface area (Å²) in [7, 11) is 0. The van der Waals surface area contributed by atoms with Crippen LogP contribution in [0.15, 0.2) is 66.9 Å². The van der Waals surface area contributed by atoms with E-state index in [1.807, 2.05) is 27.7 Å². The fraction of sp³-hybridized carbons (Fsp3) is 0.250. The number of carbonyl (C=O) groups excluding carboxylic acids is 1. The van der Waals surface area contributed by atoms with Crippen LogP contribution in [0.2, 0.25) is 5.02 Å². The lowest BCUT2D eigenvalue weighted by Crippen LogP contribution is -2.45. The molecule has 2 aliphatic heterocycles. The molecule has 178 valence electrons. The zero-order chi connectivity index (χ0) is 24.2. The molecule has 2 aliphatic rings.